The van der Waals surface area contributed by atoms with Crippen molar-refractivity contribution in [3.63, 3.8) is 0 Å². The van der Waals surface area contributed by atoms with Gasteiger partial charge in [-0.1, -0.05) is 11.6 Å². The minimum absolute atomic E-state index is 0. The summed E-state index contributed by atoms with van der Waals surface area (Å²) in [6, 6.07) is 3.65. The fourth-order valence-corrected chi connectivity index (χ4v) is 1.31. The molecule has 1 aromatic carbocycles. The molecule has 0 amide bonds. The predicted octanol–water partition coefficient (Wildman–Crippen LogP) is 1.63. The lowest BCUT2D eigenvalue weighted by atomic mass is 10.1. The molecule has 0 aliphatic rings. The van der Waals surface area contributed by atoms with E-state index in [0.29, 0.717) is 10.6 Å². The smallest absolute Gasteiger partial charge is 0.269 e. The lowest BCUT2D eigenvalue weighted by Gasteiger charge is -2.10. The number of hydrogen-bond acceptors (Lipinski definition) is 4. The fraction of sp³-hybridized carbons (Fsp3) is 0.250. The number of hydrogen-bond donors (Lipinski definition) is 2. The van der Waals surface area contributed by atoms with E-state index in [4.69, 9.17) is 23.1 Å². The van der Waals surface area contributed by atoms with Gasteiger partial charge in [-0.3, -0.25) is 10.1 Å². The first kappa shape index (κ1) is 14.1. The Morgan fingerprint density at radius 3 is 2.60 bits per heavy atom. The summed E-state index contributed by atoms with van der Waals surface area (Å²) in [4.78, 5) is 9.97. The average Bonchev–Trinajstić information content (AvgIpc) is 2.17. The summed E-state index contributed by atoms with van der Waals surface area (Å²) in [6.45, 7) is 0.195. The van der Waals surface area contributed by atoms with Crippen LogP contribution in [0.2, 0.25) is 5.02 Å². The van der Waals surface area contributed by atoms with Crippen LogP contribution in [0, 0.1) is 10.1 Å². The maximum atomic E-state index is 10.5. The molecule has 0 bridgehead atoms. The molecule has 15 heavy (non-hydrogen) atoms. The molecule has 5 nitrogen and oxygen atoms in total. The highest BCUT2D eigenvalue weighted by atomic mass is 35.5. The Kier molecular flexibility index (Phi) is 5.53. The van der Waals surface area contributed by atoms with Gasteiger partial charge < -0.3 is 11.5 Å². The molecule has 0 aliphatic carbocycles. The van der Waals surface area contributed by atoms with Gasteiger partial charge in [-0.2, -0.15) is 0 Å². The second-order valence-electron chi connectivity index (χ2n) is 2.81. The molecule has 0 unspecified atom stereocenters. The average molecular weight is 252 g/mol. The van der Waals surface area contributed by atoms with Crippen LogP contribution >= 0.6 is 24.0 Å². The summed E-state index contributed by atoms with van der Waals surface area (Å²) in [6.07, 6.45) is 0. The van der Waals surface area contributed by atoms with Crippen LogP contribution < -0.4 is 11.5 Å². The second kappa shape index (κ2) is 5.87. The Labute approximate surface area is 98.0 Å². The summed E-state index contributed by atoms with van der Waals surface area (Å²) in [7, 11) is 0. The predicted molar refractivity (Wildman–Crippen MR) is 61.3 cm³/mol. The molecule has 4 N–H and O–H groups in total. The summed E-state index contributed by atoms with van der Waals surface area (Å²) in [5.74, 6) is 0. The van der Waals surface area contributed by atoms with Crippen LogP contribution in [0.5, 0.6) is 0 Å². The molecule has 1 atom stereocenters. The zero-order chi connectivity index (χ0) is 10.7. The number of nitro benzene ring substituents is 1. The topological polar surface area (TPSA) is 95.2 Å². The van der Waals surface area contributed by atoms with Crippen LogP contribution in [-0.4, -0.2) is 11.5 Å². The Bertz CT molecular complexity index is 360. The van der Waals surface area contributed by atoms with Crippen molar-refractivity contribution in [2.75, 3.05) is 6.54 Å². The molecule has 0 aromatic heterocycles. The SMILES string of the molecule is Cl.NC[C@H](N)c1cc([N+](=O)[O-])ccc1Cl. The molecule has 0 radical (unpaired) electrons. The van der Waals surface area contributed by atoms with Gasteiger partial charge in [0, 0.05) is 29.7 Å². The zero-order valence-electron chi connectivity index (χ0n) is 7.72. The maximum Gasteiger partial charge on any atom is 0.269 e. The van der Waals surface area contributed by atoms with E-state index >= 15 is 0 Å². The molecular weight excluding hydrogens is 241 g/mol. The van der Waals surface area contributed by atoms with Crippen molar-refractivity contribution in [1.82, 2.24) is 0 Å². The van der Waals surface area contributed by atoms with Crippen molar-refractivity contribution in [3.8, 4) is 0 Å². The number of nitrogens with zero attached hydrogens (tertiary/aromatic N) is 1. The number of rotatable bonds is 3. The monoisotopic (exact) mass is 251 g/mol. The highest BCUT2D eigenvalue weighted by Gasteiger charge is 2.13. The fourth-order valence-electron chi connectivity index (χ4n) is 1.06. The first-order valence-electron chi connectivity index (χ1n) is 3.95. The van der Waals surface area contributed by atoms with Crippen LogP contribution in [0.15, 0.2) is 18.2 Å². The van der Waals surface area contributed by atoms with Gasteiger partial charge >= 0.3 is 0 Å². The highest BCUT2D eigenvalue weighted by molar-refractivity contribution is 6.31. The Morgan fingerprint density at radius 2 is 2.13 bits per heavy atom. The van der Waals surface area contributed by atoms with Gasteiger partial charge in [0.25, 0.3) is 5.69 Å². The van der Waals surface area contributed by atoms with Gasteiger partial charge in [-0.15, -0.1) is 12.4 Å². The molecule has 0 aliphatic heterocycles. The Balaban J connectivity index is 0.00000196. The third-order valence-corrected chi connectivity index (χ3v) is 2.19. The van der Waals surface area contributed by atoms with E-state index in [9.17, 15) is 10.1 Å². The third kappa shape index (κ3) is 3.32. The van der Waals surface area contributed by atoms with Crippen LogP contribution in [0.25, 0.3) is 0 Å². The van der Waals surface area contributed by atoms with Gasteiger partial charge in [-0.25, -0.2) is 0 Å². The number of benzene rings is 1. The van der Waals surface area contributed by atoms with Crippen LogP contribution in [0.3, 0.4) is 0 Å². The number of nitrogens with two attached hydrogens (primary N) is 2. The molecular formula is C8H11Cl2N3O2. The van der Waals surface area contributed by atoms with Crippen LogP contribution in [0.1, 0.15) is 11.6 Å². The van der Waals surface area contributed by atoms with E-state index < -0.39 is 11.0 Å². The van der Waals surface area contributed by atoms with E-state index in [1.807, 2.05) is 0 Å². The summed E-state index contributed by atoms with van der Waals surface area (Å²) < 4.78 is 0. The molecule has 0 fully saturated rings. The summed E-state index contributed by atoms with van der Waals surface area (Å²) in [5, 5.41) is 10.9. The molecule has 0 saturated carbocycles. The number of halogens is 2. The largest absolute Gasteiger partial charge is 0.329 e. The van der Waals surface area contributed by atoms with Crippen molar-refractivity contribution >= 4 is 29.7 Å². The van der Waals surface area contributed by atoms with Gasteiger partial charge in [-0.05, 0) is 11.6 Å². The molecule has 0 heterocycles. The molecule has 1 aromatic rings. The van der Waals surface area contributed by atoms with E-state index in [1.165, 1.54) is 18.2 Å². The van der Waals surface area contributed by atoms with Gasteiger partial charge in [0.2, 0.25) is 0 Å². The zero-order valence-corrected chi connectivity index (χ0v) is 9.29. The molecule has 1 rings (SSSR count). The lowest BCUT2D eigenvalue weighted by Crippen LogP contribution is -2.21. The standard InChI is InChI=1S/C8H10ClN3O2.ClH/c9-7-2-1-5(12(13)14)3-6(7)8(11)4-10;/h1-3,8H,4,10-11H2;1H/t8-;/m0./s1. The quantitative estimate of drug-likeness (QED) is 0.631. The maximum absolute atomic E-state index is 10.5. The number of non-ortho nitro benzene ring substituents is 1. The first-order valence-corrected chi connectivity index (χ1v) is 4.33. The van der Waals surface area contributed by atoms with E-state index in [1.54, 1.807) is 0 Å². The van der Waals surface area contributed by atoms with Gasteiger partial charge in [0.05, 0.1) is 4.92 Å². The highest BCUT2D eigenvalue weighted by Crippen LogP contribution is 2.25. The molecule has 0 spiro atoms. The van der Waals surface area contributed by atoms with Crippen LogP contribution in [-0.2, 0) is 0 Å². The first-order chi connectivity index (χ1) is 6.56. The van der Waals surface area contributed by atoms with Crippen molar-refractivity contribution < 1.29 is 4.92 Å². The van der Waals surface area contributed by atoms with Crippen molar-refractivity contribution in [2.24, 2.45) is 11.5 Å². The van der Waals surface area contributed by atoms with Crippen molar-refractivity contribution in [3.05, 3.63) is 38.9 Å². The van der Waals surface area contributed by atoms with E-state index in [0.717, 1.165) is 0 Å². The minimum atomic E-state index is -0.497. The summed E-state index contributed by atoms with van der Waals surface area (Å²) in [5.41, 5.74) is 11.4. The molecule has 84 valence electrons. The van der Waals surface area contributed by atoms with Gasteiger partial charge in [0.15, 0.2) is 0 Å². The normalized spacial score (nSPS) is 11.7. The van der Waals surface area contributed by atoms with E-state index in [-0.39, 0.29) is 24.6 Å². The molecule has 7 heteroatoms. The van der Waals surface area contributed by atoms with Crippen molar-refractivity contribution in [1.29, 1.82) is 0 Å². The van der Waals surface area contributed by atoms with E-state index in [2.05, 4.69) is 0 Å². The lowest BCUT2D eigenvalue weighted by molar-refractivity contribution is -0.384. The Morgan fingerprint density at radius 1 is 1.53 bits per heavy atom. The Hall–Kier alpha value is -0.880. The molecule has 0 saturated heterocycles. The minimum Gasteiger partial charge on any atom is -0.329 e. The summed E-state index contributed by atoms with van der Waals surface area (Å²) >= 11 is 5.82. The number of nitro groups is 1. The second-order valence-corrected chi connectivity index (χ2v) is 3.21. The third-order valence-electron chi connectivity index (χ3n) is 1.84. The van der Waals surface area contributed by atoms with Gasteiger partial charge in [0.1, 0.15) is 0 Å². The van der Waals surface area contributed by atoms with Crippen molar-refractivity contribution in [2.45, 2.75) is 6.04 Å². The van der Waals surface area contributed by atoms with Crippen LogP contribution in [0.4, 0.5) is 5.69 Å².